The Morgan fingerprint density at radius 2 is 1.79 bits per heavy atom. The summed E-state index contributed by atoms with van der Waals surface area (Å²) in [6, 6.07) is 12.9. The Hall–Kier alpha value is -3.39. The lowest BCUT2D eigenvalue weighted by Crippen LogP contribution is -2.17. The number of rotatable bonds is 5. The van der Waals surface area contributed by atoms with Crippen LogP contribution in [0.4, 0.5) is 10.8 Å². The minimum atomic E-state index is -0.149. The second-order valence-electron chi connectivity index (χ2n) is 6.50. The zero-order valence-electron chi connectivity index (χ0n) is 15.7. The van der Waals surface area contributed by atoms with Crippen molar-refractivity contribution in [1.82, 2.24) is 4.98 Å². The fourth-order valence-electron chi connectivity index (χ4n) is 2.94. The number of ether oxygens (including phenoxy) is 2. The van der Waals surface area contributed by atoms with E-state index in [-0.39, 0.29) is 18.2 Å². The van der Waals surface area contributed by atoms with E-state index in [0.717, 1.165) is 22.5 Å². The third-order valence-electron chi connectivity index (χ3n) is 4.22. The second kappa shape index (κ2) is 8.32. The molecule has 2 aromatic carbocycles. The van der Waals surface area contributed by atoms with Crippen LogP contribution in [-0.4, -0.2) is 30.0 Å². The summed E-state index contributed by atoms with van der Waals surface area (Å²) >= 11 is 1.36. The Morgan fingerprint density at radius 1 is 1.03 bits per heavy atom. The van der Waals surface area contributed by atoms with Gasteiger partial charge in [0.25, 0.3) is 0 Å². The minimum absolute atomic E-state index is 0.116. The first-order valence-electron chi connectivity index (χ1n) is 9.09. The molecule has 4 rings (SSSR count). The molecular weight excluding hydrogens is 390 g/mol. The number of thiazole rings is 1. The molecule has 0 saturated carbocycles. The van der Waals surface area contributed by atoms with Crippen LogP contribution in [0.2, 0.25) is 0 Å². The van der Waals surface area contributed by atoms with Crippen LogP contribution in [-0.2, 0) is 16.0 Å². The molecule has 0 spiro atoms. The molecule has 0 unspecified atom stereocenters. The fraction of sp³-hybridized carbons (Fsp3) is 0.190. The number of hydrogen-bond donors (Lipinski definition) is 2. The van der Waals surface area contributed by atoms with Gasteiger partial charge in [-0.2, -0.15) is 0 Å². The largest absolute Gasteiger partial charge is 0.486 e. The van der Waals surface area contributed by atoms with E-state index in [9.17, 15) is 9.59 Å². The molecule has 7 nitrogen and oxygen atoms in total. The Balaban J connectivity index is 1.38. The molecule has 0 atom stereocenters. The third-order valence-corrected chi connectivity index (χ3v) is 4.98. The standard InChI is InChI=1S/C21H19N3O4S/c1-13(25)22-16-5-3-15(4-6-16)17-12-29-21(23-17)24-20(26)11-14-2-7-18-19(10-14)28-9-8-27-18/h2-7,10,12H,8-9,11H2,1H3,(H,22,25)(H,23,24,26). The SMILES string of the molecule is CC(=O)Nc1ccc(-c2csc(NC(=O)Cc3ccc4c(c3)OCCO4)n2)cc1. The van der Waals surface area contributed by atoms with Crippen molar-refractivity contribution < 1.29 is 19.1 Å². The van der Waals surface area contributed by atoms with E-state index in [1.807, 2.05) is 47.8 Å². The van der Waals surface area contributed by atoms with Crippen LogP contribution in [0.15, 0.2) is 47.8 Å². The van der Waals surface area contributed by atoms with Crippen molar-refractivity contribution in [3.63, 3.8) is 0 Å². The highest BCUT2D eigenvalue weighted by Crippen LogP contribution is 2.31. The van der Waals surface area contributed by atoms with Crippen molar-refractivity contribution in [3.8, 4) is 22.8 Å². The van der Waals surface area contributed by atoms with Gasteiger partial charge >= 0.3 is 0 Å². The molecule has 1 aliphatic heterocycles. The van der Waals surface area contributed by atoms with E-state index >= 15 is 0 Å². The number of aromatic nitrogens is 1. The summed E-state index contributed by atoms with van der Waals surface area (Å²) in [6.45, 7) is 2.51. The van der Waals surface area contributed by atoms with Crippen molar-refractivity contribution in [1.29, 1.82) is 0 Å². The van der Waals surface area contributed by atoms with E-state index in [2.05, 4.69) is 15.6 Å². The molecule has 0 bridgehead atoms. The average Bonchev–Trinajstić information content (AvgIpc) is 3.16. The maximum atomic E-state index is 12.4. The lowest BCUT2D eigenvalue weighted by Gasteiger charge is -2.18. The summed E-state index contributed by atoms with van der Waals surface area (Å²) in [5.41, 5.74) is 3.24. The molecule has 8 heteroatoms. The van der Waals surface area contributed by atoms with Gasteiger partial charge in [0.2, 0.25) is 11.8 Å². The molecule has 29 heavy (non-hydrogen) atoms. The van der Waals surface area contributed by atoms with Gasteiger partial charge in [0.05, 0.1) is 12.1 Å². The molecule has 1 aliphatic rings. The lowest BCUT2D eigenvalue weighted by molar-refractivity contribution is -0.116. The van der Waals surface area contributed by atoms with Crippen LogP contribution in [0.25, 0.3) is 11.3 Å². The van der Waals surface area contributed by atoms with Gasteiger partial charge in [-0.15, -0.1) is 11.3 Å². The Labute approximate surface area is 171 Å². The highest BCUT2D eigenvalue weighted by atomic mass is 32.1. The van der Waals surface area contributed by atoms with E-state index in [1.54, 1.807) is 0 Å². The summed E-state index contributed by atoms with van der Waals surface area (Å²) in [5.74, 6) is 1.10. The van der Waals surface area contributed by atoms with Crippen LogP contribution in [0.5, 0.6) is 11.5 Å². The quantitative estimate of drug-likeness (QED) is 0.670. The highest BCUT2D eigenvalue weighted by Gasteiger charge is 2.14. The van der Waals surface area contributed by atoms with Gasteiger partial charge in [-0.25, -0.2) is 4.98 Å². The van der Waals surface area contributed by atoms with E-state index < -0.39 is 0 Å². The molecule has 2 amide bonds. The van der Waals surface area contributed by atoms with Crippen LogP contribution in [0.1, 0.15) is 12.5 Å². The number of carbonyl (C=O) groups excluding carboxylic acids is 2. The van der Waals surface area contributed by atoms with Crippen molar-refractivity contribution in [2.24, 2.45) is 0 Å². The van der Waals surface area contributed by atoms with Crippen molar-refractivity contribution in [2.45, 2.75) is 13.3 Å². The fourth-order valence-corrected chi connectivity index (χ4v) is 3.67. The summed E-state index contributed by atoms with van der Waals surface area (Å²) in [7, 11) is 0. The predicted octanol–water partition coefficient (Wildman–Crippen LogP) is 3.72. The van der Waals surface area contributed by atoms with Gasteiger partial charge in [0.1, 0.15) is 13.2 Å². The van der Waals surface area contributed by atoms with Gasteiger partial charge in [-0.1, -0.05) is 18.2 Å². The average molecular weight is 409 g/mol. The first kappa shape index (κ1) is 18.9. The minimum Gasteiger partial charge on any atom is -0.486 e. The predicted molar refractivity (Wildman–Crippen MR) is 112 cm³/mol. The highest BCUT2D eigenvalue weighted by molar-refractivity contribution is 7.14. The smallest absolute Gasteiger partial charge is 0.230 e. The first-order chi connectivity index (χ1) is 14.1. The number of benzene rings is 2. The van der Waals surface area contributed by atoms with Crippen LogP contribution in [0.3, 0.4) is 0 Å². The zero-order chi connectivity index (χ0) is 20.2. The van der Waals surface area contributed by atoms with E-state index in [4.69, 9.17) is 9.47 Å². The molecule has 0 radical (unpaired) electrons. The summed E-state index contributed by atoms with van der Waals surface area (Å²) in [4.78, 5) is 28.0. The third kappa shape index (κ3) is 4.72. The molecule has 2 heterocycles. The van der Waals surface area contributed by atoms with E-state index in [1.165, 1.54) is 18.3 Å². The van der Waals surface area contributed by atoms with Crippen molar-refractivity contribution >= 4 is 34.0 Å². The van der Waals surface area contributed by atoms with Crippen LogP contribution < -0.4 is 20.1 Å². The number of amides is 2. The molecule has 148 valence electrons. The molecular formula is C21H19N3O4S. The summed E-state index contributed by atoms with van der Waals surface area (Å²) in [5, 5.41) is 7.98. The van der Waals surface area contributed by atoms with Gasteiger partial charge in [0.15, 0.2) is 16.6 Å². The van der Waals surface area contributed by atoms with Gasteiger partial charge in [-0.05, 0) is 29.8 Å². The Kier molecular flexibility index (Phi) is 5.44. The summed E-state index contributed by atoms with van der Waals surface area (Å²) in [6.07, 6.45) is 0.219. The lowest BCUT2D eigenvalue weighted by atomic mass is 10.1. The maximum absolute atomic E-state index is 12.4. The topological polar surface area (TPSA) is 89.6 Å². The van der Waals surface area contributed by atoms with Crippen molar-refractivity contribution in [2.75, 3.05) is 23.8 Å². The number of fused-ring (bicyclic) bond motifs is 1. The number of nitrogens with one attached hydrogen (secondary N) is 2. The second-order valence-corrected chi connectivity index (χ2v) is 7.36. The molecule has 0 aliphatic carbocycles. The molecule has 0 fully saturated rings. The molecule has 0 saturated heterocycles. The Morgan fingerprint density at radius 3 is 2.55 bits per heavy atom. The summed E-state index contributed by atoms with van der Waals surface area (Å²) < 4.78 is 11.1. The maximum Gasteiger partial charge on any atom is 0.230 e. The Bertz CT molecular complexity index is 1050. The molecule has 2 N–H and O–H groups in total. The van der Waals surface area contributed by atoms with Crippen LogP contribution >= 0.6 is 11.3 Å². The zero-order valence-corrected chi connectivity index (χ0v) is 16.5. The number of nitrogens with zero attached hydrogens (tertiary/aromatic N) is 1. The van der Waals surface area contributed by atoms with Crippen LogP contribution in [0, 0.1) is 0 Å². The van der Waals surface area contributed by atoms with Gasteiger partial charge in [-0.3, -0.25) is 9.59 Å². The van der Waals surface area contributed by atoms with Gasteiger partial charge < -0.3 is 20.1 Å². The molecule has 1 aromatic heterocycles. The van der Waals surface area contributed by atoms with E-state index in [0.29, 0.717) is 29.8 Å². The monoisotopic (exact) mass is 409 g/mol. The van der Waals surface area contributed by atoms with Crippen molar-refractivity contribution in [3.05, 3.63) is 53.4 Å². The normalized spacial score (nSPS) is 12.3. The van der Waals surface area contributed by atoms with Gasteiger partial charge in [0, 0.05) is 23.6 Å². The number of anilines is 2. The first-order valence-corrected chi connectivity index (χ1v) is 9.97. The molecule has 3 aromatic rings. The number of hydrogen-bond acceptors (Lipinski definition) is 6. The number of carbonyl (C=O) groups is 2.